The van der Waals surface area contributed by atoms with E-state index in [0.717, 1.165) is 24.9 Å². The number of likely N-dealkylation sites (tertiary alicyclic amines) is 1. The van der Waals surface area contributed by atoms with Gasteiger partial charge in [0.1, 0.15) is 6.04 Å². The van der Waals surface area contributed by atoms with Gasteiger partial charge < -0.3 is 19.8 Å². The molecule has 1 aromatic carbocycles. The van der Waals surface area contributed by atoms with Crippen molar-refractivity contribution in [1.82, 2.24) is 9.80 Å². The number of thioether (sulfide) groups is 1. The van der Waals surface area contributed by atoms with Crippen LogP contribution in [0.4, 0.5) is 5.69 Å². The van der Waals surface area contributed by atoms with E-state index in [9.17, 15) is 19.5 Å². The van der Waals surface area contributed by atoms with E-state index in [0.29, 0.717) is 26.1 Å². The van der Waals surface area contributed by atoms with Crippen LogP contribution in [-0.4, -0.2) is 81.5 Å². The van der Waals surface area contributed by atoms with Crippen molar-refractivity contribution in [1.29, 1.82) is 0 Å². The maximum absolute atomic E-state index is 14.1. The Morgan fingerprint density at radius 3 is 2.56 bits per heavy atom. The zero-order valence-electron chi connectivity index (χ0n) is 21.1. The molecule has 0 radical (unpaired) electrons. The predicted molar refractivity (Wildman–Crippen MR) is 144 cm³/mol. The number of carbonyl (C=O) groups excluding carboxylic acids is 3. The molecule has 1 N–H and O–H groups in total. The predicted octanol–water partition coefficient (Wildman–Crippen LogP) is 3.10. The van der Waals surface area contributed by atoms with Gasteiger partial charge in [0, 0.05) is 37.1 Å². The number of rotatable bonds is 12. The molecule has 1 aromatic rings. The Morgan fingerprint density at radius 1 is 1.19 bits per heavy atom. The standard InChI is InChI=1S/C28H37N3O4S/c1-4-7-17-29(15-5-2)27(35)24-28-14-13-21(36-28)22(23(28)26(34)31(24)18-19-32)25(33)30(16-6-3)20-11-9-8-10-12-20/h5-6,8-12,21-24,32H,2-4,7,13-19H2,1H3/t21-,22+,23-,24?,28?/m0/s1. The maximum Gasteiger partial charge on any atom is 0.247 e. The zero-order valence-corrected chi connectivity index (χ0v) is 21.9. The molecule has 0 aliphatic carbocycles. The Labute approximate surface area is 218 Å². The van der Waals surface area contributed by atoms with Crippen LogP contribution in [0.3, 0.4) is 0 Å². The number of aliphatic hydroxyl groups is 1. The molecular weight excluding hydrogens is 474 g/mol. The molecule has 36 heavy (non-hydrogen) atoms. The SMILES string of the molecule is C=CCN(CCCC)C(=O)C1N(CCO)C(=O)[C@@H]2[C@H](C(=O)N(CC=C)c3ccccc3)[C@@H]3CCC12S3. The lowest BCUT2D eigenvalue weighted by Gasteiger charge is -2.37. The fraction of sp³-hybridized carbons (Fsp3) is 0.536. The van der Waals surface area contributed by atoms with Gasteiger partial charge in [0.2, 0.25) is 17.7 Å². The van der Waals surface area contributed by atoms with Crippen LogP contribution in [0, 0.1) is 11.8 Å². The first-order valence-electron chi connectivity index (χ1n) is 12.9. The molecule has 3 aliphatic rings. The first-order valence-corrected chi connectivity index (χ1v) is 13.8. The second-order valence-corrected chi connectivity index (χ2v) is 11.4. The lowest BCUT2D eigenvalue weighted by Crippen LogP contribution is -2.55. The van der Waals surface area contributed by atoms with E-state index in [-0.39, 0.29) is 36.1 Å². The molecule has 2 unspecified atom stereocenters. The van der Waals surface area contributed by atoms with Crippen molar-refractivity contribution < 1.29 is 19.5 Å². The van der Waals surface area contributed by atoms with E-state index in [1.54, 1.807) is 38.6 Å². The molecule has 4 rings (SSSR count). The van der Waals surface area contributed by atoms with Crippen molar-refractivity contribution in [3.8, 4) is 0 Å². The van der Waals surface area contributed by atoms with Crippen LogP contribution < -0.4 is 4.90 Å². The van der Waals surface area contributed by atoms with Crippen LogP contribution in [0.5, 0.6) is 0 Å². The summed E-state index contributed by atoms with van der Waals surface area (Å²) >= 11 is 1.65. The maximum atomic E-state index is 14.1. The largest absolute Gasteiger partial charge is 0.395 e. The first-order chi connectivity index (χ1) is 17.4. The monoisotopic (exact) mass is 511 g/mol. The highest BCUT2D eigenvalue weighted by molar-refractivity contribution is 8.02. The Morgan fingerprint density at radius 2 is 1.92 bits per heavy atom. The number of carbonyl (C=O) groups is 3. The molecule has 3 aliphatic heterocycles. The minimum absolute atomic E-state index is 0.0162. The van der Waals surface area contributed by atoms with E-state index in [2.05, 4.69) is 20.1 Å². The fourth-order valence-corrected chi connectivity index (χ4v) is 8.48. The zero-order chi connectivity index (χ0) is 25.9. The summed E-state index contributed by atoms with van der Waals surface area (Å²) in [5, 5.41) is 9.80. The molecule has 7 nitrogen and oxygen atoms in total. The van der Waals surface area contributed by atoms with Gasteiger partial charge in [-0.15, -0.1) is 24.9 Å². The summed E-state index contributed by atoms with van der Waals surface area (Å²) in [5.41, 5.74) is 0.770. The van der Waals surface area contributed by atoms with Crippen molar-refractivity contribution in [3.63, 3.8) is 0 Å². The summed E-state index contributed by atoms with van der Waals surface area (Å²) in [6, 6.07) is 8.77. The third kappa shape index (κ3) is 4.39. The lowest BCUT2D eigenvalue weighted by molar-refractivity contribution is -0.143. The topological polar surface area (TPSA) is 81.2 Å². The van der Waals surface area contributed by atoms with Crippen LogP contribution in [0.25, 0.3) is 0 Å². The van der Waals surface area contributed by atoms with Gasteiger partial charge in [0.05, 0.1) is 23.2 Å². The number of amides is 3. The Bertz CT molecular complexity index is 1000. The number of unbranched alkanes of at least 4 members (excludes halogenated alkanes) is 1. The van der Waals surface area contributed by atoms with Crippen molar-refractivity contribution in [2.45, 2.75) is 48.6 Å². The highest BCUT2D eigenvalue weighted by Crippen LogP contribution is 2.66. The molecule has 8 heteroatoms. The Kier molecular flexibility index (Phi) is 8.25. The third-order valence-electron chi connectivity index (χ3n) is 7.75. The lowest BCUT2D eigenvalue weighted by atomic mass is 9.70. The van der Waals surface area contributed by atoms with Crippen LogP contribution in [0.1, 0.15) is 32.6 Å². The second kappa shape index (κ2) is 11.2. The number of nitrogens with zero attached hydrogens (tertiary/aromatic N) is 3. The first kappa shape index (κ1) is 26.5. The third-order valence-corrected chi connectivity index (χ3v) is 9.70. The van der Waals surface area contributed by atoms with Gasteiger partial charge in [-0.25, -0.2) is 0 Å². The van der Waals surface area contributed by atoms with E-state index in [4.69, 9.17) is 0 Å². The quantitative estimate of drug-likeness (QED) is 0.436. The van der Waals surface area contributed by atoms with Gasteiger partial charge >= 0.3 is 0 Å². The number of benzene rings is 1. The molecular formula is C28H37N3O4S. The van der Waals surface area contributed by atoms with Crippen molar-refractivity contribution in [3.05, 3.63) is 55.6 Å². The van der Waals surface area contributed by atoms with E-state index in [1.807, 2.05) is 30.3 Å². The summed E-state index contributed by atoms with van der Waals surface area (Å²) in [6.07, 6.45) is 6.72. The molecule has 3 amide bonds. The number of para-hydroxylation sites is 1. The van der Waals surface area contributed by atoms with Crippen LogP contribution in [0.2, 0.25) is 0 Å². The smallest absolute Gasteiger partial charge is 0.247 e. The van der Waals surface area contributed by atoms with Gasteiger partial charge in [-0.3, -0.25) is 14.4 Å². The van der Waals surface area contributed by atoms with Gasteiger partial charge in [-0.1, -0.05) is 43.7 Å². The Balaban J connectivity index is 1.71. The summed E-state index contributed by atoms with van der Waals surface area (Å²) in [7, 11) is 0. The fourth-order valence-electron chi connectivity index (χ4n) is 6.27. The van der Waals surface area contributed by atoms with Crippen LogP contribution in [0.15, 0.2) is 55.6 Å². The second-order valence-electron chi connectivity index (χ2n) is 9.81. The van der Waals surface area contributed by atoms with Crippen molar-refractivity contribution >= 4 is 35.2 Å². The van der Waals surface area contributed by atoms with Crippen LogP contribution >= 0.6 is 11.8 Å². The van der Waals surface area contributed by atoms with E-state index >= 15 is 0 Å². The number of hydrogen-bond acceptors (Lipinski definition) is 5. The summed E-state index contributed by atoms with van der Waals surface area (Å²) < 4.78 is -0.656. The Hall–Kier alpha value is -2.58. The summed E-state index contributed by atoms with van der Waals surface area (Å²) in [6.45, 7) is 10.9. The molecule has 3 heterocycles. The van der Waals surface area contributed by atoms with E-state index < -0.39 is 22.6 Å². The van der Waals surface area contributed by atoms with Gasteiger partial charge in [-0.2, -0.15) is 0 Å². The summed E-state index contributed by atoms with van der Waals surface area (Å²) in [5.74, 6) is -1.47. The highest BCUT2D eigenvalue weighted by atomic mass is 32.2. The molecule has 5 atom stereocenters. The number of fused-ring (bicyclic) bond motifs is 1. The number of anilines is 1. The molecule has 3 fully saturated rings. The molecule has 1 spiro atoms. The molecule has 3 saturated heterocycles. The molecule has 194 valence electrons. The van der Waals surface area contributed by atoms with Crippen molar-refractivity contribution in [2.75, 3.05) is 37.7 Å². The number of β-amino-alcohol motifs (C(OH)–C–C–N with tert-alkyl or cyclic N) is 1. The van der Waals surface area contributed by atoms with E-state index in [1.165, 1.54) is 0 Å². The minimum Gasteiger partial charge on any atom is -0.395 e. The normalized spacial score (nSPS) is 28.2. The van der Waals surface area contributed by atoms with Gasteiger partial charge in [0.25, 0.3) is 0 Å². The molecule has 2 bridgehead atoms. The minimum atomic E-state index is -0.684. The molecule has 0 saturated carbocycles. The summed E-state index contributed by atoms with van der Waals surface area (Å²) in [4.78, 5) is 47.0. The average Bonchev–Trinajstić information content (AvgIpc) is 3.53. The highest BCUT2D eigenvalue weighted by Gasteiger charge is 2.74. The van der Waals surface area contributed by atoms with Gasteiger partial charge in [0.15, 0.2) is 0 Å². The van der Waals surface area contributed by atoms with Crippen LogP contribution in [-0.2, 0) is 14.4 Å². The average molecular weight is 512 g/mol. The molecule has 0 aromatic heterocycles. The van der Waals surface area contributed by atoms with Gasteiger partial charge in [-0.05, 0) is 31.4 Å². The number of hydrogen-bond donors (Lipinski definition) is 1. The number of aliphatic hydroxyl groups excluding tert-OH is 1. The van der Waals surface area contributed by atoms with Crippen molar-refractivity contribution in [2.24, 2.45) is 11.8 Å².